The van der Waals surface area contributed by atoms with Crippen molar-refractivity contribution in [2.24, 2.45) is 0 Å². The molecule has 0 amide bonds. The van der Waals surface area contributed by atoms with E-state index in [0.717, 1.165) is 12.0 Å². The number of aliphatic hydroxyl groups excluding tert-OH is 1. The highest BCUT2D eigenvalue weighted by Gasteiger charge is 2.07. The maximum absolute atomic E-state index is 9.10. The normalized spacial score (nSPS) is 10.2. The lowest BCUT2D eigenvalue weighted by molar-refractivity contribution is 0.280. The van der Waals surface area contributed by atoms with Gasteiger partial charge in [-0.2, -0.15) is 0 Å². The third kappa shape index (κ3) is 3.69. The highest BCUT2D eigenvalue weighted by molar-refractivity contribution is 5.38. The molecule has 0 unspecified atom stereocenters. The predicted molar refractivity (Wildman–Crippen MR) is 72.5 cm³/mol. The van der Waals surface area contributed by atoms with Gasteiger partial charge in [0.15, 0.2) is 5.75 Å². The third-order valence-electron chi connectivity index (χ3n) is 2.49. The number of rotatable bonds is 6. The molecule has 1 aromatic carbocycles. The van der Waals surface area contributed by atoms with Crippen LogP contribution in [-0.2, 0) is 6.61 Å². The van der Waals surface area contributed by atoms with Crippen LogP contribution in [0.25, 0.3) is 0 Å². The molecule has 0 saturated carbocycles. The molecule has 0 spiro atoms. The molecule has 0 fully saturated rings. The van der Waals surface area contributed by atoms with E-state index in [2.05, 4.69) is 4.98 Å². The summed E-state index contributed by atoms with van der Waals surface area (Å²) in [7, 11) is 0. The molecule has 1 aromatic heterocycles. The molecule has 0 aliphatic carbocycles. The number of nitrogens with zero attached hydrogens (tertiary/aromatic N) is 1. The van der Waals surface area contributed by atoms with Crippen molar-refractivity contribution in [1.29, 1.82) is 0 Å². The van der Waals surface area contributed by atoms with Crippen molar-refractivity contribution in [3.63, 3.8) is 0 Å². The summed E-state index contributed by atoms with van der Waals surface area (Å²) in [5.74, 6) is 1.69. The van der Waals surface area contributed by atoms with Crippen LogP contribution < -0.4 is 9.47 Å². The molecule has 2 rings (SSSR count). The molecule has 4 heteroatoms. The fourth-order valence-corrected chi connectivity index (χ4v) is 1.59. The van der Waals surface area contributed by atoms with Gasteiger partial charge in [0.25, 0.3) is 5.88 Å². The second-order valence-electron chi connectivity index (χ2n) is 4.06. The van der Waals surface area contributed by atoms with Crippen molar-refractivity contribution >= 4 is 0 Å². The SMILES string of the molecule is CCCOc1cccnc1Oc1cccc(CO)c1. The summed E-state index contributed by atoms with van der Waals surface area (Å²) in [6.07, 6.45) is 2.58. The van der Waals surface area contributed by atoms with E-state index in [4.69, 9.17) is 14.6 Å². The fourth-order valence-electron chi connectivity index (χ4n) is 1.59. The van der Waals surface area contributed by atoms with Crippen LogP contribution in [0.1, 0.15) is 18.9 Å². The van der Waals surface area contributed by atoms with E-state index < -0.39 is 0 Å². The standard InChI is InChI=1S/C15H17NO3/c1-2-9-18-14-7-4-8-16-15(14)19-13-6-3-5-12(10-13)11-17/h3-8,10,17H,2,9,11H2,1H3. The Balaban J connectivity index is 2.17. The van der Waals surface area contributed by atoms with Crippen molar-refractivity contribution in [2.75, 3.05) is 6.61 Å². The lowest BCUT2D eigenvalue weighted by Gasteiger charge is -2.11. The first-order chi connectivity index (χ1) is 9.33. The van der Waals surface area contributed by atoms with E-state index >= 15 is 0 Å². The number of hydrogen-bond donors (Lipinski definition) is 1. The van der Waals surface area contributed by atoms with Crippen LogP contribution in [0.4, 0.5) is 0 Å². The average Bonchev–Trinajstić information content (AvgIpc) is 2.46. The summed E-state index contributed by atoms with van der Waals surface area (Å²) in [5, 5.41) is 9.10. The van der Waals surface area contributed by atoms with Gasteiger partial charge in [0.2, 0.25) is 0 Å². The minimum atomic E-state index is -0.0153. The first-order valence-electron chi connectivity index (χ1n) is 6.29. The van der Waals surface area contributed by atoms with Gasteiger partial charge >= 0.3 is 0 Å². The summed E-state index contributed by atoms with van der Waals surface area (Å²) in [4.78, 5) is 4.17. The number of hydrogen-bond acceptors (Lipinski definition) is 4. The molecule has 100 valence electrons. The first-order valence-corrected chi connectivity index (χ1v) is 6.29. The molecular weight excluding hydrogens is 242 g/mol. The van der Waals surface area contributed by atoms with Gasteiger partial charge in [-0.25, -0.2) is 4.98 Å². The fraction of sp³-hybridized carbons (Fsp3) is 0.267. The second-order valence-corrected chi connectivity index (χ2v) is 4.06. The Morgan fingerprint density at radius 3 is 2.89 bits per heavy atom. The number of ether oxygens (including phenoxy) is 2. The Morgan fingerprint density at radius 1 is 1.21 bits per heavy atom. The maximum atomic E-state index is 9.10. The van der Waals surface area contributed by atoms with Crippen molar-refractivity contribution in [3.05, 3.63) is 48.2 Å². The van der Waals surface area contributed by atoms with Gasteiger partial charge in [-0.1, -0.05) is 19.1 Å². The van der Waals surface area contributed by atoms with E-state index in [1.807, 2.05) is 37.3 Å². The summed E-state index contributed by atoms with van der Waals surface area (Å²) in [6, 6.07) is 10.9. The Morgan fingerprint density at radius 2 is 2.11 bits per heavy atom. The molecule has 0 bridgehead atoms. The van der Waals surface area contributed by atoms with Gasteiger partial charge in [-0.15, -0.1) is 0 Å². The largest absolute Gasteiger partial charge is 0.488 e. The summed E-state index contributed by atoms with van der Waals surface area (Å²) < 4.78 is 11.3. The molecule has 4 nitrogen and oxygen atoms in total. The summed E-state index contributed by atoms with van der Waals surface area (Å²) in [6.45, 7) is 2.65. The van der Waals surface area contributed by atoms with E-state index in [1.54, 1.807) is 12.3 Å². The van der Waals surface area contributed by atoms with Gasteiger partial charge in [0.1, 0.15) is 5.75 Å². The Bertz CT molecular complexity index is 528. The lowest BCUT2D eigenvalue weighted by atomic mass is 10.2. The van der Waals surface area contributed by atoms with Crippen LogP contribution in [0.15, 0.2) is 42.6 Å². The topological polar surface area (TPSA) is 51.6 Å². The molecule has 1 heterocycles. The van der Waals surface area contributed by atoms with Gasteiger partial charge in [-0.05, 0) is 36.2 Å². The second kappa shape index (κ2) is 6.75. The highest BCUT2D eigenvalue weighted by atomic mass is 16.5. The molecule has 19 heavy (non-hydrogen) atoms. The smallest absolute Gasteiger partial charge is 0.262 e. The molecule has 0 radical (unpaired) electrons. The van der Waals surface area contributed by atoms with Crippen LogP contribution in [0.3, 0.4) is 0 Å². The van der Waals surface area contributed by atoms with E-state index in [0.29, 0.717) is 24.0 Å². The molecule has 0 aliphatic rings. The Hall–Kier alpha value is -2.07. The zero-order valence-corrected chi connectivity index (χ0v) is 10.9. The Kier molecular flexibility index (Phi) is 4.75. The number of pyridine rings is 1. The average molecular weight is 259 g/mol. The summed E-state index contributed by atoms with van der Waals surface area (Å²) >= 11 is 0. The van der Waals surface area contributed by atoms with Crippen molar-refractivity contribution in [2.45, 2.75) is 20.0 Å². The monoisotopic (exact) mass is 259 g/mol. The van der Waals surface area contributed by atoms with Crippen molar-refractivity contribution < 1.29 is 14.6 Å². The summed E-state index contributed by atoms with van der Waals surface area (Å²) in [5.41, 5.74) is 0.796. The quantitative estimate of drug-likeness (QED) is 0.865. The Labute approximate surface area is 112 Å². The van der Waals surface area contributed by atoms with Crippen molar-refractivity contribution in [1.82, 2.24) is 4.98 Å². The molecular formula is C15H17NO3. The van der Waals surface area contributed by atoms with E-state index in [-0.39, 0.29) is 6.61 Å². The minimum absolute atomic E-state index is 0.0153. The zero-order valence-electron chi connectivity index (χ0n) is 10.9. The first kappa shape index (κ1) is 13.4. The van der Waals surface area contributed by atoms with Gasteiger partial charge in [-0.3, -0.25) is 0 Å². The van der Waals surface area contributed by atoms with Gasteiger partial charge < -0.3 is 14.6 Å². The predicted octanol–water partition coefficient (Wildman–Crippen LogP) is 3.16. The van der Waals surface area contributed by atoms with Gasteiger partial charge in [0.05, 0.1) is 13.2 Å². The van der Waals surface area contributed by atoms with Crippen molar-refractivity contribution in [3.8, 4) is 17.4 Å². The van der Waals surface area contributed by atoms with Crippen LogP contribution in [-0.4, -0.2) is 16.7 Å². The van der Waals surface area contributed by atoms with E-state index in [1.165, 1.54) is 0 Å². The maximum Gasteiger partial charge on any atom is 0.262 e. The third-order valence-corrected chi connectivity index (χ3v) is 2.49. The molecule has 2 aromatic rings. The molecule has 0 atom stereocenters. The van der Waals surface area contributed by atoms with Crippen LogP contribution in [0, 0.1) is 0 Å². The highest BCUT2D eigenvalue weighted by Crippen LogP contribution is 2.29. The zero-order chi connectivity index (χ0) is 13.5. The number of aromatic nitrogens is 1. The van der Waals surface area contributed by atoms with Crippen LogP contribution in [0.5, 0.6) is 17.4 Å². The molecule has 0 aliphatic heterocycles. The molecule has 1 N–H and O–H groups in total. The van der Waals surface area contributed by atoms with Gasteiger partial charge in [0, 0.05) is 6.20 Å². The minimum Gasteiger partial charge on any atom is -0.488 e. The molecule has 0 saturated heterocycles. The van der Waals surface area contributed by atoms with E-state index in [9.17, 15) is 0 Å². The van der Waals surface area contributed by atoms with Crippen LogP contribution >= 0.6 is 0 Å². The number of aliphatic hydroxyl groups is 1. The van der Waals surface area contributed by atoms with Crippen LogP contribution in [0.2, 0.25) is 0 Å². The lowest BCUT2D eigenvalue weighted by Crippen LogP contribution is -1.98. The number of benzene rings is 1.